The largest absolute Gasteiger partial charge is 0.474 e. The van der Waals surface area contributed by atoms with Gasteiger partial charge in [0.05, 0.1) is 14.1 Å². The molecule has 0 atom stereocenters. The Morgan fingerprint density at radius 3 is 1.44 bits per heavy atom. The fraction of sp³-hybridized carbons (Fsp3) is 1.00. The van der Waals surface area contributed by atoms with Crippen molar-refractivity contribution in [1.29, 1.82) is 0 Å². The second-order valence-corrected chi connectivity index (χ2v) is 16.5. The summed E-state index contributed by atoms with van der Waals surface area (Å²) < 4.78 is 49.3. The standard InChI is InChI=1S/C21H42N3O12P3/c1-23(2)13-20(23)7-3-18(4-8-20)11-22(15-34-37(25,26)27)12-19-5-9-21(10-6-19)14-24(21,16-35-38(28,29)30)17-36-39(31,32)33/h18-19H,3-17H2,1-2H3,(H4-2,25,26,27,28,29,30,31,32,33)/p+2. The Balaban J connectivity index is 1.33. The number of phosphoric acid groups is 3. The van der Waals surface area contributed by atoms with Gasteiger partial charge in [0.1, 0.15) is 25.4 Å². The van der Waals surface area contributed by atoms with Crippen molar-refractivity contribution in [3.05, 3.63) is 0 Å². The van der Waals surface area contributed by atoms with Crippen LogP contribution in [0.3, 0.4) is 0 Å². The van der Waals surface area contributed by atoms with E-state index in [1.165, 1.54) is 6.54 Å². The van der Waals surface area contributed by atoms with Crippen molar-refractivity contribution < 1.29 is 65.6 Å². The van der Waals surface area contributed by atoms with E-state index in [2.05, 4.69) is 14.1 Å². The van der Waals surface area contributed by atoms with E-state index in [9.17, 15) is 43.1 Å². The van der Waals surface area contributed by atoms with Crippen molar-refractivity contribution in [2.45, 2.75) is 62.4 Å². The minimum absolute atomic E-state index is 0.0976. The van der Waals surface area contributed by atoms with Gasteiger partial charge in [0.15, 0.2) is 19.0 Å². The predicted octanol–water partition coefficient (Wildman–Crippen LogP) is 1.27. The zero-order chi connectivity index (χ0) is 29.0. The van der Waals surface area contributed by atoms with Crippen LogP contribution in [0.25, 0.3) is 0 Å². The zero-order valence-electron chi connectivity index (χ0n) is 22.6. The van der Waals surface area contributed by atoms with E-state index in [4.69, 9.17) is 13.6 Å². The van der Waals surface area contributed by atoms with Gasteiger partial charge < -0.3 is 33.8 Å². The Bertz CT molecular complexity index is 1000. The minimum Gasteiger partial charge on any atom is -0.314 e. The molecule has 0 unspecified atom stereocenters. The van der Waals surface area contributed by atoms with E-state index in [1.807, 2.05) is 4.90 Å². The van der Waals surface area contributed by atoms with Gasteiger partial charge in [0.2, 0.25) is 0 Å². The van der Waals surface area contributed by atoms with Crippen molar-refractivity contribution in [2.75, 3.05) is 60.5 Å². The number of phosphoric ester groups is 3. The van der Waals surface area contributed by atoms with Crippen LogP contribution in [0.15, 0.2) is 0 Å². The van der Waals surface area contributed by atoms with Crippen LogP contribution in [0.4, 0.5) is 0 Å². The molecule has 2 saturated heterocycles. The van der Waals surface area contributed by atoms with Gasteiger partial charge in [-0.05, 0) is 37.5 Å². The van der Waals surface area contributed by atoms with E-state index in [0.717, 1.165) is 43.0 Å². The van der Waals surface area contributed by atoms with Gasteiger partial charge in [0.25, 0.3) is 0 Å². The molecular formula is C21H44N3O12P3+2. The summed E-state index contributed by atoms with van der Waals surface area (Å²) in [6, 6.07) is 0. The van der Waals surface area contributed by atoms with Crippen molar-refractivity contribution in [2.24, 2.45) is 11.8 Å². The van der Waals surface area contributed by atoms with Crippen molar-refractivity contribution in [3.63, 3.8) is 0 Å². The average molecular weight is 624 g/mol. The van der Waals surface area contributed by atoms with Crippen LogP contribution < -0.4 is 0 Å². The lowest BCUT2D eigenvalue weighted by Gasteiger charge is -2.36. The molecular weight excluding hydrogens is 579 g/mol. The van der Waals surface area contributed by atoms with Gasteiger partial charge >= 0.3 is 23.5 Å². The monoisotopic (exact) mass is 623 g/mol. The summed E-state index contributed by atoms with van der Waals surface area (Å²) >= 11 is 0. The average Bonchev–Trinajstić information content (AvgIpc) is 3.60. The maximum atomic E-state index is 11.4. The predicted molar refractivity (Wildman–Crippen MR) is 137 cm³/mol. The Hall–Kier alpha value is 0.210. The molecule has 2 aliphatic carbocycles. The molecule has 228 valence electrons. The molecule has 2 aliphatic heterocycles. The maximum absolute atomic E-state index is 11.4. The Morgan fingerprint density at radius 2 is 1.08 bits per heavy atom. The van der Waals surface area contributed by atoms with Crippen LogP contribution in [0.2, 0.25) is 0 Å². The number of hydrogen-bond donors (Lipinski definition) is 6. The van der Waals surface area contributed by atoms with E-state index >= 15 is 0 Å². The van der Waals surface area contributed by atoms with Gasteiger partial charge in [-0.15, -0.1) is 0 Å². The fourth-order valence-corrected chi connectivity index (χ4v) is 8.32. The number of hydrogen-bond acceptors (Lipinski definition) is 7. The second-order valence-electron chi connectivity index (χ2n) is 12.8. The first-order valence-electron chi connectivity index (χ1n) is 13.3. The highest BCUT2D eigenvalue weighted by Crippen LogP contribution is 2.56. The second kappa shape index (κ2) is 11.0. The highest BCUT2D eigenvalue weighted by Gasteiger charge is 2.70. The van der Waals surface area contributed by atoms with Gasteiger partial charge in [-0.3, -0.25) is 13.9 Å². The molecule has 0 aromatic carbocycles. The van der Waals surface area contributed by atoms with Crippen LogP contribution in [0.1, 0.15) is 51.4 Å². The fourth-order valence-electron chi connectivity index (χ4n) is 7.26. The summed E-state index contributed by atoms with van der Waals surface area (Å²) in [5, 5.41) is 0. The normalized spacial score (nSPS) is 34.1. The first-order chi connectivity index (χ1) is 17.8. The lowest BCUT2D eigenvalue weighted by molar-refractivity contribution is -0.866. The zero-order valence-corrected chi connectivity index (χ0v) is 25.3. The highest BCUT2D eigenvalue weighted by molar-refractivity contribution is 7.46. The third kappa shape index (κ3) is 8.19. The van der Waals surface area contributed by atoms with Crippen molar-refractivity contribution >= 4 is 23.5 Å². The lowest BCUT2D eigenvalue weighted by atomic mass is 9.79. The molecule has 0 aromatic rings. The summed E-state index contributed by atoms with van der Waals surface area (Å²) in [6.45, 7) is 1.90. The summed E-state index contributed by atoms with van der Waals surface area (Å²) in [5.41, 5.74) is -0.0650. The van der Waals surface area contributed by atoms with Gasteiger partial charge in [-0.25, -0.2) is 22.7 Å². The minimum atomic E-state index is -4.79. The summed E-state index contributed by atoms with van der Waals surface area (Å²) in [5.74, 6) is 0.631. The quantitative estimate of drug-likeness (QED) is 0.0742. The summed E-state index contributed by atoms with van der Waals surface area (Å²) in [4.78, 5) is 57.3. The number of rotatable bonds is 13. The molecule has 4 aliphatic rings. The van der Waals surface area contributed by atoms with Gasteiger partial charge in [0, 0.05) is 38.8 Å². The molecule has 15 nitrogen and oxygen atoms in total. The highest BCUT2D eigenvalue weighted by atomic mass is 31.2. The third-order valence-corrected chi connectivity index (χ3v) is 11.2. The molecule has 6 N–H and O–H groups in total. The van der Waals surface area contributed by atoms with Crippen LogP contribution in [-0.4, -0.2) is 115 Å². The molecule has 18 heteroatoms. The van der Waals surface area contributed by atoms with Crippen LogP contribution in [0.5, 0.6) is 0 Å². The van der Waals surface area contributed by atoms with E-state index in [1.54, 1.807) is 0 Å². The number of likely N-dealkylation sites (N-methyl/N-ethyl adjacent to an activating group) is 1. The molecule has 39 heavy (non-hydrogen) atoms. The molecule has 4 fully saturated rings. The summed E-state index contributed by atoms with van der Waals surface area (Å²) in [6.07, 6.45) is 7.18. The van der Waals surface area contributed by atoms with Crippen molar-refractivity contribution in [3.8, 4) is 0 Å². The maximum Gasteiger partial charge on any atom is 0.474 e. The van der Waals surface area contributed by atoms with Crippen LogP contribution in [0, 0.1) is 11.8 Å². The Morgan fingerprint density at radius 1 is 0.692 bits per heavy atom. The SMILES string of the molecule is C[N+]1(C)CC12CCC(CN(COP(=O)(O)O)CC1CCC3(CC1)C[N+]3(COP(=O)(O)O)COP(=O)(O)O)CC2. The Labute approximate surface area is 228 Å². The molecule has 4 rings (SSSR count). The number of nitrogens with zero attached hydrogens (tertiary/aromatic N) is 3. The topological polar surface area (TPSA) is 204 Å². The molecule has 0 amide bonds. The number of quaternary nitrogens is 2. The van der Waals surface area contributed by atoms with E-state index < -0.39 is 42.5 Å². The molecule has 0 aromatic heterocycles. The smallest absolute Gasteiger partial charge is 0.314 e. The van der Waals surface area contributed by atoms with E-state index in [0.29, 0.717) is 43.9 Å². The molecule has 2 heterocycles. The third-order valence-electron chi connectivity index (χ3n) is 9.83. The van der Waals surface area contributed by atoms with E-state index in [-0.39, 0.29) is 17.1 Å². The molecule has 2 saturated carbocycles. The van der Waals surface area contributed by atoms with Gasteiger partial charge in [-0.2, -0.15) is 0 Å². The summed E-state index contributed by atoms with van der Waals surface area (Å²) in [7, 11) is -9.67. The van der Waals surface area contributed by atoms with Gasteiger partial charge in [-0.1, -0.05) is 0 Å². The van der Waals surface area contributed by atoms with Crippen LogP contribution in [-0.2, 0) is 27.3 Å². The molecule has 2 spiro atoms. The molecule has 0 radical (unpaired) electrons. The lowest BCUT2D eigenvalue weighted by Crippen LogP contribution is -2.43. The Kier molecular flexibility index (Phi) is 9.10. The van der Waals surface area contributed by atoms with Crippen molar-refractivity contribution in [1.82, 2.24) is 4.90 Å². The molecule has 0 bridgehead atoms. The van der Waals surface area contributed by atoms with Crippen LogP contribution >= 0.6 is 23.5 Å². The first-order valence-corrected chi connectivity index (χ1v) is 17.9. The first kappa shape index (κ1) is 32.1.